The Morgan fingerprint density at radius 2 is 1.95 bits per heavy atom. The number of ether oxygens (including phenoxy) is 1. The van der Waals surface area contributed by atoms with Crippen LogP contribution in [0.1, 0.15) is 15.9 Å². The normalized spacial score (nSPS) is 10.8. The van der Waals surface area contributed by atoms with E-state index in [2.05, 4.69) is 4.99 Å². The maximum atomic E-state index is 12.0. The van der Waals surface area contributed by atoms with Gasteiger partial charge in [-0.2, -0.15) is 0 Å². The summed E-state index contributed by atoms with van der Waals surface area (Å²) < 4.78 is 4.95. The molecule has 0 aliphatic carbocycles. The van der Waals surface area contributed by atoms with Gasteiger partial charge in [0.05, 0.1) is 7.11 Å². The number of aromatic hydroxyl groups is 2. The van der Waals surface area contributed by atoms with E-state index in [1.165, 1.54) is 37.6 Å². The summed E-state index contributed by atoms with van der Waals surface area (Å²) in [4.78, 5) is 16.0. The minimum Gasteiger partial charge on any atom is -0.507 e. The largest absolute Gasteiger partial charge is 0.507 e. The van der Waals surface area contributed by atoms with Gasteiger partial charge in [0.2, 0.25) is 0 Å². The van der Waals surface area contributed by atoms with Gasteiger partial charge in [-0.1, -0.05) is 11.6 Å². The van der Waals surface area contributed by atoms with Gasteiger partial charge in [-0.25, -0.2) is 0 Å². The minimum atomic E-state index is -0.240. The summed E-state index contributed by atoms with van der Waals surface area (Å²) in [6.45, 7) is -0.0973. The van der Waals surface area contributed by atoms with Crippen molar-refractivity contribution in [1.82, 2.24) is 0 Å². The molecule has 2 aromatic carbocycles. The predicted molar refractivity (Wildman–Crippen MR) is 84.6 cm³/mol. The van der Waals surface area contributed by atoms with Crippen molar-refractivity contribution in [1.29, 1.82) is 0 Å². The molecule has 0 spiro atoms. The number of aliphatic imine (C=N–C) groups is 1. The lowest BCUT2D eigenvalue weighted by Crippen LogP contribution is -2.04. The second-order valence-electron chi connectivity index (χ2n) is 4.48. The molecule has 5 nitrogen and oxygen atoms in total. The number of hydrogen-bond acceptors (Lipinski definition) is 5. The average Bonchev–Trinajstić information content (AvgIpc) is 2.51. The molecule has 22 heavy (non-hydrogen) atoms. The van der Waals surface area contributed by atoms with Crippen molar-refractivity contribution in [3.05, 3.63) is 52.5 Å². The van der Waals surface area contributed by atoms with Gasteiger partial charge in [-0.05, 0) is 36.4 Å². The SMILES string of the molecule is COc1cc(C(=O)CN=Cc2cc(Cl)ccc2O)ccc1O. The number of rotatable bonds is 5. The van der Waals surface area contributed by atoms with E-state index in [1.54, 1.807) is 12.1 Å². The van der Waals surface area contributed by atoms with Gasteiger partial charge in [0, 0.05) is 22.4 Å². The number of phenolic OH excluding ortho intramolecular Hbond substituents is 2. The maximum Gasteiger partial charge on any atom is 0.184 e. The molecule has 2 aromatic rings. The van der Waals surface area contributed by atoms with Crippen molar-refractivity contribution < 1.29 is 19.7 Å². The molecule has 0 saturated heterocycles. The highest BCUT2D eigenvalue weighted by Crippen LogP contribution is 2.26. The molecule has 0 radical (unpaired) electrons. The lowest BCUT2D eigenvalue weighted by atomic mass is 10.1. The van der Waals surface area contributed by atoms with Crippen LogP contribution in [0.25, 0.3) is 0 Å². The molecule has 0 saturated carbocycles. The Morgan fingerprint density at radius 3 is 2.68 bits per heavy atom. The highest BCUT2D eigenvalue weighted by Gasteiger charge is 2.09. The fraction of sp³-hybridized carbons (Fsp3) is 0.125. The van der Waals surface area contributed by atoms with Gasteiger partial charge >= 0.3 is 0 Å². The van der Waals surface area contributed by atoms with Crippen LogP contribution in [0.15, 0.2) is 41.4 Å². The van der Waals surface area contributed by atoms with Crippen LogP contribution in [0.2, 0.25) is 5.02 Å². The van der Waals surface area contributed by atoms with Crippen LogP contribution in [-0.2, 0) is 0 Å². The zero-order valence-electron chi connectivity index (χ0n) is 11.8. The Balaban J connectivity index is 2.09. The zero-order valence-corrected chi connectivity index (χ0v) is 12.5. The molecule has 0 amide bonds. The molecule has 0 aliphatic heterocycles. The molecule has 0 bridgehead atoms. The van der Waals surface area contributed by atoms with Crippen molar-refractivity contribution in [2.75, 3.05) is 13.7 Å². The standard InChI is InChI=1S/C16H14ClNO4/c1-22-16-7-10(2-4-14(16)20)15(21)9-18-8-11-6-12(17)3-5-13(11)19/h2-8,19-20H,9H2,1H3. The van der Waals surface area contributed by atoms with Gasteiger partial charge in [0.15, 0.2) is 17.3 Å². The maximum absolute atomic E-state index is 12.0. The van der Waals surface area contributed by atoms with E-state index < -0.39 is 0 Å². The number of carbonyl (C=O) groups is 1. The summed E-state index contributed by atoms with van der Waals surface area (Å²) in [6, 6.07) is 8.89. The molecule has 2 N–H and O–H groups in total. The van der Waals surface area contributed by atoms with Crippen LogP contribution in [0.3, 0.4) is 0 Å². The third-order valence-corrected chi connectivity index (χ3v) is 3.19. The van der Waals surface area contributed by atoms with E-state index in [4.69, 9.17) is 16.3 Å². The average molecular weight is 320 g/mol. The summed E-state index contributed by atoms with van der Waals surface area (Å²) in [5.41, 5.74) is 0.811. The highest BCUT2D eigenvalue weighted by molar-refractivity contribution is 6.30. The fourth-order valence-electron chi connectivity index (χ4n) is 1.80. The molecule has 2 rings (SSSR count). The number of Topliss-reactive ketones (excluding diaryl/α,β-unsaturated/α-hetero) is 1. The van der Waals surface area contributed by atoms with Gasteiger partial charge in [-0.15, -0.1) is 0 Å². The lowest BCUT2D eigenvalue weighted by Gasteiger charge is -2.05. The van der Waals surface area contributed by atoms with Crippen LogP contribution in [-0.4, -0.2) is 35.9 Å². The number of phenols is 2. The number of halogens is 1. The first-order valence-electron chi connectivity index (χ1n) is 6.40. The molecule has 0 aliphatic rings. The molecular weight excluding hydrogens is 306 g/mol. The Bertz CT molecular complexity index is 728. The number of methoxy groups -OCH3 is 1. The van der Waals surface area contributed by atoms with Crippen molar-refractivity contribution in [3.63, 3.8) is 0 Å². The van der Waals surface area contributed by atoms with E-state index in [0.717, 1.165) is 0 Å². The van der Waals surface area contributed by atoms with E-state index in [9.17, 15) is 15.0 Å². The Kier molecular flexibility index (Phi) is 5.01. The van der Waals surface area contributed by atoms with Crippen LogP contribution >= 0.6 is 11.6 Å². The molecule has 0 aromatic heterocycles. The molecule has 0 atom stereocenters. The first kappa shape index (κ1) is 15.9. The highest BCUT2D eigenvalue weighted by atomic mass is 35.5. The first-order chi connectivity index (χ1) is 10.5. The summed E-state index contributed by atoms with van der Waals surface area (Å²) in [5.74, 6) is -0.0170. The number of ketones is 1. The van der Waals surface area contributed by atoms with Gasteiger partial charge < -0.3 is 14.9 Å². The number of carbonyl (C=O) groups excluding carboxylic acids is 1. The summed E-state index contributed by atoms with van der Waals surface area (Å²) in [6.07, 6.45) is 1.39. The van der Waals surface area contributed by atoms with E-state index in [0.29, 0.717) is 16.1 Å². The van der Waals surface area contributed by atoms with E-state index in [-0.39, 0.29) is 29.6 Å². The van der Waals surface area contributed by atoms with Crippen molar-refractivity contribution in [2.45, 2.75) is 0 Å². The quantitative estimate of drug-likeness (QED) is 0.655. The van der Waals surface area contributed by atoms with Crippen molar-refractivity contribution in [2.24, 2.45) is 4.99 Å². The second-order valence-corrected chi connectivity index (χ2v) is 4.92. The van der Waals surface area contributed by atoms with E-state index in [1.807, 2.05) is 0 Å². The number of hydrogen-bond donors (Lipinski definition) is 2. The van der Waals surface area contributed by atoms with Crippen molar-refractivity contribution >= 4 is 23.6 Å². The van der Waals surface area contributed by atoms with Gasteiger partial charge in [-0.3, -0.25) is 9.79 Å². The Hall–Kier alpha value is -2.53. The predicted octanol–water partition coefficient (Wildman–Crippen LogP) is 3.06. The van der Waals surface area contributed by atoms with Crippen LogP contribution in [0.5, 0.6) is 17.2 Å². The van der Waals surface area contributed by atoms with Crippen LogP contribution in [0, 0.1) is 0 Å². The summed E-state index contributed by atoms with van der Waals surface area (Å²) in [5, 5.41) is 19.6. The third kappa shape index (κ3) is 3.77. The summed E-state index contributed by atoms with van der Waals surface area (Å²) in [7, 11) is 1.41. The minimum absolute atomic E-state index is 0.0342. The van der Waals surface area contributed by atoms with E-state index >= 15 is 0 Å². The van der Waals surface area contributed by atoms with Crippen LogP contribution in [0.4, 0.5) is 0 Å². The number of nitrogens with zero attached hydrogens (tertiary/aromatic N) is 1. The molecule has 114 valence electrons. The van der Waals surface area contributed by atoms with Crippen LogP contribution < -0.4 is 4.74 Å². The van der Waals surface area contributed by atoms with Crippen molar-refractivity contribution in [3.8, 4) is 17.2 Å². The van der Waals surface area contributed by atoms with Gasteiger partial charge in [0.1, 0.15) is 12.3 Å². The Morgan fingerprint density at radius 1 is 1.23 bits per heavy atom. The molecule has 0 unspecified atom stereocenters. The smallest absolute Gasteiger partial charge is 0.184 e. The first-order valence-corrected chi connectivity index (χ1v) is 6.77. The molecule has 0 heterocycles. The zero-order chi connectivity index (χ0) is 16.1. The fourth-order valence-corrected chi connectivity index (χ4v) is 1.98. The third-order valence-electron chi connectivity index (χ3n) is 2.96. The van der Waals surface area contributed by atoms with Gasteiger partial charge in [0.25, 0.3) is 0 Å². The monoisotopic (exact) mass is 319 g/mol. The second kappa shape index (κ2) is 6.95. The molecule has 0 fully saturated rings. The molecule has 6 heteroatoms. The number of benzene rings is 2. The summed E-state index contributed by atoms with van der Waals surface area (Å²) >= 11 is 5.83. The molecular formula is C16H14ClNO4. The Labute approximate surface area is 132 Å². The lowest BCUT2D eigenvalue weighted by molar-refractivity contribution is 0.100. The topological polar surface area (TPSA) is 79.1 Å².